The summed E-state index contributed by atoms with van der Waals surface area (Å²) in [4.78, 5) is 5.01. The van der Waals surface area contributed by atoms with Gasteiger partial charge < -0.3 is 10.3 Å². The fraction of sp³-hybridized carbons (Fsp3) is 0.812. The summed E-state index contributed by atoms with van der Waals surface area (Å²) >= 11 is 0. The van der Waals surface area contributed by atoms with Gasteiger partial charge in [-0.05, 0) is 24.7 Å². The van der Waals surface area contributed by atoms with Gasteiger partial charge in [0.1, 0.15) is 5.82 Å². The van der Waals surface area contributed by atoms with E-state index in [0.717, 1.165) is 19.4 Å². The molecule has 19 heavy (non-hydrogen) atoms. The molecule has 3 nitrogen and oxygen atoms in total. The molecule has 0 bridgehead atoms. The van der Waals surface area contributed by atoms with E-state index in [1.807, 2.05) is 0 Å². The summed E-state index contributed by atoms with van der Waals surface area (Å²) in [6.07, 6.45) is 3.40. The first-order chi connectivity index (χ1) is 8.70. The van der Waals surface area contributed by atoms with Gasteiger partial charge >= 0.3 is 0 Å². The summed E-state index contributed by atoms with van der Waals surface area (Å²) < 4.78 is 2.45. The molecule has 0 spiro atoms. The molecule has 2 unspecified atom stereocenters. The largest absolute Gasteiger partial charge is 0.329 e. The summed E-state index contributed by atoms with van der Waals surface area (Å²) in [5.74, 6) is 1.77. The number of nitrogens with zero attached hydrogens (tertiary/aromatic N) is 2. The van der Waals surface area contributed by atoms with E-state index >= 15 is 0 Å². The van der Waals surface area contributed by atoms with Gasteiger partial charge in [-0.1, -0.05) is 34.6 Å². The van der Waals surface area contributed by atoms with Crippen molar-refractivity contribution in [3.8, 4) is 0 Å². The first-order valence-electron chi connectivity index (χ1n) is 7.55. The molecule has 0 saturated carbocycles. The molecule has 2 heterocycles. The molecule has 1 aromatic rings. The van der Waals surface area contributed by atoms with Crippen LogP contribution in [-0.4, -0.2) is 15.6 Å². The third-order valence-electron chi connectivity index (χ3n) is 4.79. The maximum atomic E-state index is 6.23. The van der Waals surface area contributed by atoms with E-state index in [1.54, 1.807) is 0 Å². The third kappa shape index (κ3) is 2.03. The molecule has 2 N–H and O–H groups in total. The Morgan fingerprint density at radius 1 is 1.26 bits per heavy atom. The lowest BCUT2D eigenvalue weighted by molar-refractivity contribution is 0.218. The fourth-order valence-corrected chi connectivity index (χ4v) is 4.63. The summed E-state index contributed by atoms with van der Waals surface area (Å²) in [6, 6.07) is 0.284. The third-order valence-corrected chi connectivity index (χ3v) is 4.79. The first kappa shape index (κ1) is 13.2. The highest BCUT2D eigenvalue weighted by Gasteiger charge is 2.43. The normalized spacial score (nSPS) is 31.7. The van der Waals surface area contributed by atoms with Gasteiger partial charge in [-0.15, -0.1) is 0 Å². The number of nitrogens with two attached hydrogens (primary N) is 1. The Bertz CT molecular complexity index is 510. The smallest absolute Gasteiger partial charge is 0.112 e. The average molecular weight is 261 g/mol. The summed E-state index contributed by atoms with van der Waals surface area (Å²) in [5, 5.41) is 0. The molecule has 0 radical (unpaired) electrons. The quantitative estimate of drug-likeness (QED) is 0.780. The fourth-order valence-electron chi connectivity index (χ4n) is 4.63. The Morgan fingerprint density at radius 2 is 1.95 bits per heavy atom. The van der Waals surface area contributed by atoms with Crippen molar-refractivity contribution in [2.45, 2.75) is 77.8 Å². The lowest BCUT2D eigenvalue weighted by Crippen LogP contribution is -2.39. The summed E-state index contributed by atoms with van der Waals surface area (Å²) in [7, 11) is 0. The number of rotatable bonds is 0. The second-order valence-electron chi connectivity index (χ2n) is 8.17. The molecule has 106 valence electrons. The number of imidazole rings is 1. The van der Waals surface area contributed by atoms with Crippen molar-refractivity contribution in [1.82, 2.24) is 9.55 Å². The zero-order valence-corrected chi connectivity index (χ0v) is 13.0. The van der Waals surface area contributed by atoms with Crippen molar-refractivity contribution < 1.29 is 0 Å². The predicted molar refractivity (Wildman–Crippen MR) is 78.4 cm³/mol. The van der Waals surface area contributed by atoms with Crippen LogP contribution in [0.1, 0.15) is 70.6 Å². The van der Waals surface area contributed by atoms with Crippen LogP contribution >= 0.6 is 0 Å². The Morgan fingerprint density at radius 3 is 2.63 bits per heavy atom. The van der Waals surface area contributed by atoms with Crippen molar-refractivity contribution in [1.29, 1.82) is 0 Å². The molecule has 0 saturated heterocycles. The van der Waals surface area contributed by atoms with Gasteiger partial charge in [0.15, 0.2) is 0 Å². The van der Waals surface area contributed by atoms with E-state index in [9.17, 15) is 0 Å². The maximum absolute atomic E-state index is 6.23. The Balaban J connectivity index is 2.16. The number of fused-ring (bicyclic) bond motifs is 3. The van der Waals surface area contributed by atoms with Crippen LogP contribution in [0.15, 0.2) is 0 Å². The van der Waals surface area contributed by atoms with Gasteiger partial charge in [-0.2, -0.15) is 0 Å². The SMILES string of the molecule is CC1CC(N)Cn2c1nc1c2C(C)(C)CC(C)(C)C1. The number of aromatic nitrogens is 2. The van der Waals surface area contributed by atoms with E-state index in [0.29, 0.717) is 11.3 Å². The van der Waals surface area contributed by atoms with Gasteiger partial charge in [0, 0.05) is 29.6 Å². The molecular weight excluding hydrogens is 234 g/mol. The average Bonchev–Trinajstić information content (AvgIpc) is 2.53. The Labute approximate surface area is 116 Å². The second kappa shape index (κ2) is 3.85. The highest BCUT2D eigenvalue weighted by Crippen LogP contribution is 2.47. The number of hydrogen-bond acceptors (Lipinski definition) is 2. The van der Waals surface area contributed by atoms with E-state index in [-0.39, 0.29) is 11.5 Å². The molecular formula is C16H27N3. The van der Waals surface area contributed by atoms with Crippen molar-refractivity contribution in [2.24, 2.45) is 11.1 Å². The monoisotopic (exact) mass is 261 g/mol. The molecule has 3 heteroatoms. The molecule has 2 aliphatic rings. The van der Waals surface area contributed by atoms with Gasteiger partial charge in [0.25, 0.3) is 0 Å². The molecule has 3 rings (SSSR count). The maximum Gasteiger partial charge on any atom is 0.112 e. The van der Waals surface area contributed by atoms with Crippen molar-refractivity contribution in [3.05, 3.63) is 17.2 Å². The van der Waals surface area contributed by atoms with Crippen LogP contribution in [0.3, 0.4) is 0 Å². The Kier molecular flexibility index (Phi) is 2.66. The minimum absolute atomic E-state index is 0.207. The highest BCUT2D eigenvalue weighted by atomic mass is 15.1. The molecule has 2 atom stereocenters. The van der Waals surface area contributed by atoms with Crippen LogP contribution in [0.2, 0.25) is 0 Å². The van der Waals surface area contributed by atoms with Crippen LogP contribution in [-0.2, 0) is 18.4 Å². The first-order valence-corrected chi connectivity index (χ1v) is 7.55. The lowest BCUT2D eigenvalue weighted by Gasteiger charge is -2.41. The van der Waals surface area contributed by atoms with Crippen molar-refractivity contribution in [3.63, 3.8) is 0 Å². The summed E-state index contributed by atoms with van der Waals surface area (Å²) in [5.41, 5.74) is 9.58. The topological polar surface area (TPSA) is 43.8 Å². The predicted octanol–water partition coefficient (Wildman–Crippen LogP) is 2.97. The van der Waals surface area contributed by atoms with E-state index in [2.05, 4.69) is 39.2 Å². The zero-order valence-electron chi connectivity index (χ0n) is 13.0. The molecule has 0 fully saturated rings. The highest BCUT2D eigenvalue weighted by molar-refractivity contribution is 5.32. The Hall–Kier alpha value is -0.830. The van der Waals surface area contributed by atoms with Gasteiger partial charge in [-0.25, -0.2) is 4.98 Å². The van der Waals surface area contributed by atoms with E-state index < -0.39 is 0 Å². The molecule has 1 aromatic heterocycles. The van der Waals surface area contributed by atoms with Crippen LogP contribution < -0.4 is 5.73 Å². The molecule has 1 aliphatic heterocycles. The zero-order chi connectivity index (χ0) is 14.0. The van der Waals surface area contributed by atoms with Crippen LogP contribution in [0.4, 0.5) is 0 Å². The molecule has 0 aromatic carbocycles. The molecule has 1 aliphatic carbocycles. The standard InChI is InChI=1S/C16H27N3/c1-10-6-11(17)8-19-13-12(18-14(10)19)7-15(2,3)9-16(13,4)5/h10-11H,6-9,17H2,1-5H3. The van der Waals surface area contributed by atoms with E-state index in [1.165, 1.54) is 23.6 Å². The van der Waals surface area contributed by atoms with E-state index in [4.69, 9.17) is 10.7 Å². The van der Waals surface area contributed by atoms with Crippen LogP contribution in [0.25, 0.3) is 0 Å². The van der Waals surface area contributed by atoms with Crippen LogP contribution in [0, 0.1) is 5.41 Å². The number of hydrogen-bond donors (Lipinski definition) is 1. The van der Waals surface area contributed by atoms with Crippen LogP contribution in [0.5, 0.6) is 0 Å². The van der Waals surface area contributed by atoms with Gasteiger partial charge in [0.2, 0.25) is 0 Å². The van der Waals surface area contributed by atoms with Gasteiger partial charge in [-0.3, -0.25) is 0 Å². The van der Waals surface area contributed by atoms with Crippen molar-refractivity contribution >= 4 is 0 Å². The summed E-state index contributed by atoms with van der Waals surface area (Å²) in [6.45, 7) is 12.7. The molecule has 0 amide bonds. The minimum atomic E-state index is 0.207. The minimum Gasteiger partial charge on any atom is -0.329 e. The lowest BCUT2D eigenvalue weighted by atomic mass is 9.66. The van der Waals surface area contributed by atoms with Crippen molar-refractivity contribution in [2.75, 3.05) is 0 Å². The van der Waals surface area contributed by atoms with Gasteiger partial charge in [0.05, 0.1) is 5.69 Å². The second-order valence-corrected chi connectivity index (χ2v) is 8.17.